The van der Waals surface area contributed by atoms with Gasteiger partial charge in [0.2, 0.25) is 0 Å². The van der Waals surface area contributed by atoms with Crippen LogP contribution in [0.25, 0.3) is 0 Å². The Bertz CT molecular complexity index is 787. The van der Waals surface area contributed by atoms with Crippen molar-refractivity contribution in [3.8, 4) is 0 Å². The van der Waals surface area contributed by atoms with E-state index in [1.807, 2.05) is 18.2 Å². The van der Waals surface area contributed by atoms with Crippen LogP contribution >= 0.6 is 0 Å². The van der Waals surface area contributed by atoms with Crippen LogP contribution in [-0.2, 0) is 24.5 Å². The van der Waals surface area contributed by atoms with Gasteiger partial charge in [-0.25, -0.2) is 0 Å². The highest BCUT2D eigenvalue weighted by Gasteiger charge is 2.37. The number of hydrogen-bond donors (Lipinski definition) is 0. The SMILES string of the molecule is CCCCCOCCOCCOCCOC(c1ccccc1)(c1ccccc1)c1ccccc1. The molecule has 0 aliphatic rings. The van der Waals surface area contributed by atoms with Gasteiger partial charge in [0.25, 0.3) is 0 Å². The Hall–Kier alpha value is -2.50. The van der Waals surface area contributed by atoms with Crippen LogP contribution in [0, 0.1) is 0 Å². The summed E-state index contributed by atoms with van der Waals surface area (Å²) in [6.45, 7) is 6.29. The third kappa shape index (κ3) is 7.78. The molecule has 3 rings (SSSR count). The zero-order valence-corrected chi connectivity index (χ0v) is 20.4. The zero-order valence-electron chi connectivity index (χ0n) is 20.4. The van der Waals surface area contributed by atoms with E-state index in [2.05, 4.69) is 79.7 Å². The summed E-state index contributed by atoms with van der Waals surface area (Å²) in [6.07, 6.45) is 3.55. The summed E-state index contributed by atoms with van der Waals surface area (Å²) < 4.78 is 23.7. The van der Waals surface area contributed by atoms with E-state index in [0.29, 0.717) is 39.6 Å². The topological polar surface area (TPSA) is 36.9 Å². The summed E-state index contributed by atoms with van der Waals surface area (Å²) in [4.78, 5) is 0. The normalized spacial score (nSPS) is 11.6. The second-order valence-electron chi connectivity index (χ2n) is 8.17. The molecule has 0 amide bonds. The Morgan fingerprint density at radius 3 is 1.26 bits per heavy atom. The molecule has 4 heteroatoms. The molecule has 0 saturated heterocycles. The lowest BCUT2D eigenvalue weighted by atomic mass is 9.80. The predicted octanol–water partition coefficient (Wildman–Crippen LogP) is 6.24. The van der Waals surface area contributed by atoms with Crippen molar-refractivity contribution in [2.45, 2.75) is 31.8 Å². The van der Waals surface area contributed by atoms with Crippen molar-refractivity contribution in [1.29, 1.82) is 0 Å². The van der Waals surface area contributed by atoms with Crippen LogP contribution in [0.2, 0.25) is 0 Å². The van der Waals surface area contributed by atoms with Gasteiger partial charge in [0.15, 0.2) is 0 Å². The number of rotatable bonds is 17. The highest BCUT2D eigenvalue weighted by Crippen LogP contribution is 2.40. The molecule has 0 saturated carbocycles. The molecular weight excluding hydrogens is 424 g/mol. The number of ether oxygens (including phenoxy) is 4. The molecular formula is C30H38O4. The molecule has 0 fully saturated rings. The highest BCUT2D eigenvalue weighted by molar-refractivity contribution is 5.47. The fourth-order valence-electron chi connectivity index (χ4n) is 4.02. The molecule has 0 N–H and O–H groups in total. The average Bonchev–Trinajstić information content (AvgIpc) is 2.91. The van der Waals surface area contributed by atoms with E-state index >= 15 is 0 Å². The summed E-state index contributed by atoms with van der Waals surface area (Å²) in [6, 6.07) is 31.2. The molecule has 0 heterocycles. The smallest absolute Gasteiger partial charge is 0.143 e. The minimum absolute atomic E-state index is 0.458. The van der Waals surface area contributed by atoms with Crippen molar-refractivity contribution < 1.29 is 18.9 Å². The van der Waals surface area contributed by atoms with E-state index in [9.17, 15) is 0 Å². The molecule has 3 aromatic rings. The van der Waals surface area contributed by atoms with Gasteiger partial charge < -0.3 is 18.9 Å². The van der Waals surface area contributed by atoms with E-state index in [1.54, 1.807) is 0 Å². The predicted molar refractivity (Wildman–Crippen MR) is 137 cm³/mol. The van der Waals surface area contributed by atoms with Crippen molar-refractivity contribution in [2.75, 3.05) is 46.2 Å². The Balaban J connectivity index is 1.54. The molecule has 0 aliphatic heterocycles. The van der Waals surface area contributed by atoms with Gasteiger partial charge in [0, 0.05) is 6.61 Å². The van der Waals surface area contributed by atoms with Gasteiger partial charge in [0.1, 0.15) is 5.60 Å². The van der Waals surface area contributed by atoms with E-state index in [-0.39, 0.29) is 0 Å². The van der Waals surface area contributed by atoms with Crippen LogP contribution in [0.5, 0.6) is 0 Å². The molecule has 0 aromatic heterocycles. The molecule has 0 spiro atoms. The van der Waals surface area contributed by atoms with Crippen LogP contribution < -0.4 is 0 Å². The Kier molecular flexibility index (Phi) is 11.8. The maximum absolute atomic E-state index is 6.69. The van der Waals surface area contributed by atoms with E-state index in [1.165, 1.54) is 12.8 Å². The molecule has 0 bridgehead atoms. The first-order valence-corrected chi connectivity index (χ1v) is 12.4. The van der Waals surface area contributed by atoms with Crippen molar-refractivity contribution >= 4 is 0 Å². The van der Waals surface area contributed by atoms with Crippen molar-refractivity contribution in [3.63, 3.8) is 0 Å². The molecule has 0 atom stereocenters. The van der Waals surface area contributed by atoms with Gasteiger partial charge in [-0.15, -0.1) is 0 Å². The maximum Gasteiger partial charge on any atom is 0.143 e. The summed E-state index contributed by atoms with van der Waals surface area (Å²) in [5, 5.41) is 0. The van der Waals surface area contributed by atoms with Gasteiger partial charge in [-0.05, 0) is 23.1 Å². The van der Waals surface area contributed by atoms with Crippen LogP contribution in [-0.4, -0.2) is 46.2 Å². The summed E-state index contributed by atoms with van der Waals surface area (Å²) in [5.41, 5.74) is 2.57. The van der Waals surface area contributed by atoms with Crippen LogP contribution in [0.4, 0.5) is 0 Å². The second-order valence-corrected chi connectivity index (χ2v) is 8.17. The van der Waals surface area contributed by atoms with Crippen molar-refractivity contribution in [2.24, 2.45) is 0 Å². The molecule has 182 valence electrons. The molecule has 34 heavy (non-hydrogen) atoms. The minimum atomic E-state index is -0.710. The lowest BCUT2D eigenvalue weighted by Gasteiger charge is -2.36. The highest BCUT2D eigenvalue weighted by atomic mass is 16.6. The maximum atomic E-state index is 6.69. The summed E-state index contributed by atoms with van der Waals surface area (Å²) >= 11 is 0. The van der Waals surface area contributed by atoms with E-state index in [0.717, 1.165) is 29.7 Å². The van der Waals surface area contributed by atoms with Gasteiger partial charge in [-0.1, -0.05) is 111 Å². The fourth-order valence-corrected chi connectivity index (χ4v) is 4.02. The lowest BCUT2D eigenvalue weighted by Crippen LogP contribution is -2.34. The molecule has 3 aromatic carbocycles. The Morgan fingerprint density at radius 1 is 0.471 bits per heavy atom. The molecule has 0 unspecified atom stereocenters. The van der Waals surface area contributed by atoms with Crippen LogP contribution in [0.3, 0.4) is 0 Å². The summed E-state index contributed by atoms with van der Waals surface area (Å²) in [7, 11) is 0. The first kappa shape index (κ1) is 26.1. The third-order valence-corrected chi connectivity index (χ3v) is 5.72. The van der Waals surface area contributed by atoms with Gasteiger partial charge >= 0.3 is 0 Å². The number of unbranched alkanes of at least 4 members (excludes halogenated alkanes) is 2. The van der Waals surface area contributed by atoms with Crippen LogP contribution in [0.1, 0.15) is 42.9 Å². The quantitative estimate of drug-likeness (QED) is 0.176. The second kappa shape index (κ2) is 15.4. The van der Waals surface area contributed by atoms with Crippen molar-refractivity contribution in [3.05, 3.63) is 108 Å². The van der Waals surface area contributed by atoms with Gasteiger partial charge in [0.05, 0.1) is 39.6 Å². The van der Waals surface area contributed by atoms with E-state index < -0.39 is 5.60 Å². The fraction of sp³-hybridized carbons (Fsp3) is 0.400. The van der Waals surface area contributed by atoms with E-state index in [4.69, 9.17) is 18.9 Å². The first-order valence-electron chi connectivity index (χ1n) is 12.4. The Morgan fingerprint density at radius 2 is 0.853 bits per heavy atom. The van der Waals surface area contributed by atoms with Crippen LogP contribution in [0.15, 0.2) is 91.0 Å². The number of hydrogen-bond acceptors (Lipinski definition) is 4. The van der Waals surface area contributed by atoms with Crippen molar-refractivity contribution in [1.82, 2.24) is 0 Å². The van der Waals surface area contributed by atoms with Gasteiger partial charge in [-0.3, -0.25) is 0 Å². The number of benzene rings is 3. The standard InChI is InChI=1S/C30H38O4/c1-2-3-13-20-31-21-22-32-23-24-33-25-26-34-30(27-14-7-4-8-15-27,28-16-9-5-10-17-28)29-18-11-6-12-19-29/h4-12,14-19H,2-3,13,20-26H2,1H3. The zero-order chi connectivity index (χ0) is 23.7. The largest absolute Gasteiger partial charge is 0.379 e. The van der Waals surface area contributed by atoms with Gasteiger partial charge in [-0.2, -0.15) is 0 Å². The molecule has 4 nitrogen and oxygen atoms in total. The minimum Gasteiger partial charge on any atom is -0.379 e. The Labute approximate surface area is 204 Å². The summed E-state index contributed by atoms with van der Waals surface area (Å²) in [5.74, 6) is 0. The lowest BCUT2D eigenvalue weighted by molar-refractivity contribution is -0.0369. The monoisotopic (exact) mass is 462 g/mol. The molecule has 0 aliphatic carbocycles. The average molecular weight is 463 g/mol. The third-order valence-electron chi connectivity index (χ3n) is 5.72. The first-order chi connectivity index (χ1) is 16.9. The molecule has 0 radical (unpaired) electrons.